The van der Waals surface area contributed by atoms with Crippen LogP contribution >= 0.6 is 7.82 Å². The summed E-state index contributed by atoms with van der Waals surface area (Å²) < 4.78 is 17.5. The van der Waals surface area contributed by atoms with Gasteiger partial charge in [-0.05, 0) is 24.2 Å². The van der Waals surface area contributed by atoms with Gasteiger partial charge in [0.25, 0.3) is 5.91 Å². The van der Waals surface area contributed by atoms with Crippen LogP contribution in [-0.2, 0) is 15.5 Å². The zero-order valence-electron chi connectivity index (χ0n) is 16.4. The van der Waals surface area contributed by atoms with Crippen molar-refractivity contribution in [1.29, 1.82) is 0 Å². The Morgan fingerprint density at radius 2 is 2.17 bits per heavy atom. The summed E-state index contributed by atoms with van der Waals surface area (Å²) in [4.78, 5) is 39.5. The maximum atomic E-state index is 13.1. The molecule has 1 saturated carbocycles. The number of fused-ring (bicyclic) bond motifs is 3. The highest BCUT2D eigenvalue weighted by atomic mass is 31.2. The van der Waals surface area contributed by atoms with Gasteiger partial charge in [0.2, 0.25) is 0 Å². The molecule has 156 valence electrons. The minimum Gasteiger partial charge on any atom is -0.345 e. The van der Waals surface area contributed by atoms with Crippen LogP contribution in [0, 0.1) is 11.3 Å². The number of aromatic nitrogens is 4. The van der Waals surface area contributed by atoms with Crippen molar-refractivity contribution in [3.05, 3.63) is 35.5 Å². The molecule has 29 heavy (non-hydrogen) atoms. The molecule has 0 radical (unpaired) electrons. The lowest BCUT2D eigenvalue weighted by Gasteiger charge is -2.31. The Balaban J connectivity index is 1.62. The molecular weight excluding hydrogens is 397 g/mol. The Labute approximate surface area is 168 Å². The monoisotopic (exact) mass is 421 g/mol. The minimum atomic E-state index is -4.64. The standard InChI is InChI=1S/C18H24N5O5P/c1-18(2,3)13(9-28-29(25,26)27)21-17(24)15-12-7-10-6-11(10)16(12)23(22-15)14-8-19-4-5-20-14/h4-5,8,10-11,13H,6-7,9H2,1-3H3,(H,21,24)(H2,25,26,27)/t10-,11-,13-/m1/s1. The second-order valence-electron chi connectivity index (χ2n) is 8.67. The molecule has 2 heterocycles. The number of nitrogens with zero attached hydrogens (tertiary/aromatic N) is 4. The molecule has 3 atom stereocenters. The molecule has 0 spiro atoms. The van der Waals surface area contributed by atoms with Crippen molar-refractivity contribution in [2.45, 2.75) is 45.6 Å². The molecule has 11 heteroatoms. The molecule has 0 aliphatic heterocycles. The van der Waals surface area contributed by atoms with E-state index in [-0.39, 0.29) is 12.5 Å². The van der Waals surface area contributed by atoms with E-state index in [1.165, 1.54) is 0 Å². The number of phosphoric acid groups is 1. The van der Waals surface area contributed by atoms with Gasteiger partial charge in [0.15, 0.2) is 11.5 Å². The van der Waals surface area contributed by atoms with Crippen molar-refractivity contribution in [3.8, 4) is 5.82 Å². The number of carbonyl (C=O) groups excluding carboxylic acids is 1. The zero-order chi connectivity index (χ0) is 21.0. The highest BCUT2D eigenvalue weighted by Gasteiger charge is 2.50. The number of nitrogens with one attached hydrogen (secondary N) is 1. The second-order valence-corrected chi connectivity index (χ2v) is 9.91. The van der Waals surface area contributed by atoms with Crippen LogP contribution in [0.15, 0.2) is 18.6 Å². The van der Waals surface area contributed by atoms with Crippen LogP contribution in [0.5, 0.6) is 0 Å². The number of amides is 1. The Morgan fingerprint density at radius 1 is 1.41 bits per heavy atom. The van der Waals surface area contributed by atoms with E-state index in [1.54, 1.807) is 23.3 Å². The molecule has 10 nitrogen and oxygen atoms in total. The molecule has 4 rings (SSSR count). The van der Waals surface area contributed by atoms with E-state index in [0.29, 0.717) is 23.3 Å². The van der Waals surface area contributed by atoms with Gasteiger partial charge >= 0.3 is 7.82 Å². The fourth-order valence-corrected chi connectivity index (χ4v) is 4.12. The van der Waals surface area contributed by atoms with Gasteiger partial charge in [-0.2, -0.15) is 5.10 Å². The van der Waals surface area contributed by atoms with E-state index in [0.717, 1.165) is 24.1 Å². The number of hydrogen-bond donors (Lipinski definition) is 3. The normalized spacial score (nSPS) is 21.4. The Kier molecular flexibility index (Phi) is 4.85. The van der Waals surface area contributed by atoms with Gasteiger partial charge in [-0.3, -0.25) is 14.3 Å². The lowest BCUT2D eigenvalue weighted by atomic mass is 9.87. The van der Waals surface area contributed by atoms with E-state index in [1.807, 2.05) is 20.8 Å². The second kappa shape index (κ2) is 6.98. The van der Waals surface area contributed by atoms with Crippen LogP contribution in [0.25, 0.3) is 5.82 Å². The van der Waals surface area contributed by atoms with Crippen molar-refractivity contribution in [2.24, 2.45) is 11.3 Å². The first-order valence-electron chi connectivity index (χ1n) is 9.43. The average Bonchev–Trinajstić information content (AvgIpc) is 3.13. The van der Waals surface area contributed by atoms with Gasteiger partial charge in [-0.25, -0.2) is 14.2 Å². The fourth-order valence-electron chi connectivity index (χ4n) is 3.78. The first-order chi connectivity index (χ1) is 13.5. The summed E-state index contributed by atoms with van der Waals surface area (Å²) in [6.07, 6.45) is 6.65. The molecule has 2 aromatic heterocycles. The molecule has 0 unspecified atom stereocenters. The summed E-state index contributed by atoms with van der Waals surface area (Å²) in [7, 11) is -4.64. The Hall–Kier alpha value is -2.13. The van der Waals surface area contributed by atoms with Crippen molar-refractivity contribution in [2.75, 3.05) is 6.61 Å². The zero-order valence-corrected chi connectivity index (χ0v) is 17.3. The lowest BCUT2D eigenvalue weighted by molar-refractivity contribution is 0.0825. The highest BCUT2D eigenvalue weighted by molar-refractivity contribution is 7.46. The van der Waals surface area contributed by atoms with Gasteiger partial charge in [0.05, 0.1) is 24.5 Å². The van der Waals surface area contributed by atoms with Crippen LogP contribution in [0.1, 0.15) is 54.9 Å². The van der Waals surface area contributed by atoms with Crippen LogP contribution < -0.4 is 5.32 Å². The molecule has 1 fully saturated rings. The molecule has 2 aliphatic carbocycles. The molecule has 0 saturated heterocycles. The van der Waals surface area contributed by atoms with Crippen molar-refractivity contribution >= 4 is 13.7 Å². The van der Waals surface area contributed by atoms with Crippen LogP contribution in [-0.4, -0.2) is 48.1 Å². The van der Waals surface area contributed by atoms with Crippen LogP contribution in [0.4, 0.5) is 0 Å². The molecule has 2 aliphatic rings. The minimum absolute atomic E-state index is 0.308. The third-order valence-corrected chi connectivity index (χ3v) is 5.99. The molecule has 0 aromatic carbocycles. The van der Waals surface area contributed by atoms with Crippen molar-refractivity contribution in [1.82, 2.24) is 25.1 Å². The number of rotatable bonds is 6. The van der Waals surface area contributed by atoms with E-state index < -0.39 is 19.3 Å². The van der Waals surface area contributed by atoms with E-state index in [9.17, 15) is 9.36 Å². The summed E-state index contributed by atoms with van der Waals surface area (Å²) in [5.41, 5.74) is 1.77. The summed E-state index contributed by atoms with van der Waals surface area (Å²) in [5, 5.41) is 7.38. The summed E-state index contributed by atoms with van der Waals surface area (Å²) in [5.74, 6) is 1.10. The Morgan fingerprint density at radius 3 is 2.79 bits per heavy atom. The fraction of sp³-hybridized carbons (Fsp3) is 0.556. The quantitative estimate of drug-likeness (QED) is 0.598. The van der Waals surface area contributed by atoms with Gasteiger partial charge in [-0.1, -0.05) is 20.8 Å². The van der Waals surface area contributed by atoms with Gasteiger partial charge < -0.3 is 15.1 Å². The Bertz CT molecular complexity index is 981. The number of hydrogen-bond acceptors (Lipinski definition) is 6. The largest absolute Gasteiger partial charge is 0.469 e. The van der Waals surface area contributed by atoms with Gasteiger partial charge in [-0.15, -0.1) is 0 Å². The van der Waals surface area contributed by atoms with Gasteiger partial charge in [0.1, 0.15) is 0 Å². The number of carbonyl (C=O) groups is 1. The molecular formula is C18H24N5O5P. The lowest BCUT2D eigenvalue weighted by Crippen LogP contribution is -2.47. The number of phosphoric ester groups is 1. The van der Waals surface area contributed by atoms with E-state index in [2.05, 4.69) is 24.9 Å². The predicted octanol–water partition coefficient (Wildman–Crippen LogP) is 1.58. The first kappa shape index (κ1) is 20.2. The third-order valence-electron chi connectivity index (χ3n) is 5.51. The SMILES string of the molecule is CC(C)(C)[C@@H](COP(=O)(O)O)NC(=O)c1nn(-c2cnccn2)c2c1C[C@H]1C[C@@H]21. The molecule has 2 aromatic rings. The predicted molar refractivity (Wildman–Crippen MR) is 102 cm³/mol. The van der Waals surface area contributed by atoms with Crippen LogP contribution in [0.2, 0.25) is 0 Å². The smallest absolute Gasteiger partial charge is 0.345 e. The topological polar surface area (TPSA) is 139 Å². The summed E-state index contributed by atoms with van der Waals surface area (Å²) in [6.45, 7) is 5.27. The third kappa shape index (κ3) is 4.11. The first-order valence-corrected chi connectivity index (χ1v) is 11.0. The average molecular weight is 421 g/mol. The highest BCUT2D eigenvalue weighted by Crippen LogP contribution is 2.57. The molecule has 0 bridgehead atoms. The molecule has 3 N–H and O–H groups in total. The van der Waals surface area contributed by atoms with Gasteiger partial charge in [0, 0.05) is 23.9 Å². The van der Waals surface area contributed by atoms with Crippen LogP contribution in [0.3, 0.4) is 0 Å². The van der Waals surface area contributed by atoms with Crippen molar-refractivity contribution in [3.63, 3.8) is 0 Å². The summed E-state index contributed by atoms with van der Waals surface area (Å²) >= 11 is 0. The maximum absolute atomic E-state index is 13.1. The summed E-state index contributed by atoms with van der Waals surface area (Å²) in [6, 6.07) is -0.615. The van der Waals surface area contributed by atoms with E-state index >= 15 is 0 Å². The van der Waals surface area contributed by atoms with Crippen molar-refractivity contribution < 1.29 is 23.7 Å². The van der Waals surface area contributed by atoms with E-state index in [4.69, 9.17) is 9.79 Å². The maximum Gasteiger partial charge on any atom is 0.469 e. The molecule has 1 amide bonds.